The monoisotopic (exact) mass is 354 g/mol. The zero-order valence-corrected chi connectivity index (χ0v) is 15.3. The van der Waals surface area contributed by atoms with Crippen LogP contribution in [0.15, 0.2) is 60.7 Å². The molecule has 0 saturated carbocycles. The summed E-state index contributed by atoms with van der Waals surface area (Å²) >= 11 is 1.34. The summed E-state index contributed by atoms with van der Waals surface area (Å²) in [7, 11) is 0. The van der Waals surface area contributed by atoms with E-state index in [1.807, 2.05) is 49.6 Å². The number of hydrogen-bond donors (Lipinski definition) is 1. The van der Waals surface area contributed by atoms with E-state index in [9.17, 15) is 0 Å². The molecule has 0 saturated heterocycles. The molecular formula is C20H22N2O2S. The van der Waals surface area contributed by atoms with E-state index in [0.29, 0.717) is 13.2 Å². The smallest absolute Gasteiger partial charge is 0.137 e. The molecule has 0 aliphatic heterocycles. The maximum Gasteiger partial charge on any atom is 0.137 e. The molecule has 4 nitrogen and oxygen atoms in total. The Labute approximate surface area is 152 Å². The van der Waals surface area contributed by atoms with Crippen LogP contribution in [0.1, 0.15) is 12.5 Å². The third kappa shape index (κ3) is 4.38. The van der Waals surface area contributed by atoms with Crippen molar-refractivity contribution in [3.8, 4) is 11.5 Å². The summed E-state index contributed by atoms with van der Waals surface area (Å²) in [4.78, 5) is 0. The summed E-state index contributed by atoms with van der Waals surface area (Å²) < 4.78 is 10.9. The lowest BCUT2D eigenvalue weighted by Crippen LogP contribution is -2.29. The molecule has 0 atom stereocenters. The fourth-order valence-electron chi connectivity index (χ4n) is 2.71. The number of anilines is 1. The van der Waals surface area contributed by atoms with Crippen LogP contribution in [-0.4, -0.2) is 12.9 Å². The lowest BCUT2D eigenvalue weighted by atomic mass is 10.1. The van der Waals surface area contributed by atoms with Gasteiger partial charge in [0.25, 0.3) is 0 Å². The lowest BCUT2D eigenvalue weighted by molar-refractivity contribution is 0.340. The fraction of sp³-hybridized carbons (Fsp3) is 0.200. The SMILES string of the molecule is CCOc1ccc(N(N)Cc2ccc3cc(OSC)ccc3c2)cc1. The van der Waals surface area contributed by atoms with Gasteiger partial charge in [-0.25, -0.2) is 5.84 Å². The van der Waals surface area contributed by atoms with Crippen molar-refractivity contribution in [2.24, 2.45) is 5.84 Å². The first-order chi connectivity index (χ1) is 12.2. The quantitative estimate of drug-likeness (QED) is 0.376. The fourth-order valence-corrected chi connectivity index (χ4v) is 3.00. The molecule has 0 spiro atoms. The van der Waals surface area contributed by atoms with E-state index in [-0.39, 0.29) is 0 Å². The van der Waals surface area contributed by atoms with Crippen molar-refractivity contribution in [3.63, 3.8) is 0 Å². The van der Waals surface area contributed by atoms with Crippen LogP contribution in [0.3, 0.4) is 0 Å². The topological polar surface area (TPSA) is 47.7 Å². The van der Waals surface area contributed by atoms with Gasteiger partial charge in [-0.15, -0.1) is 0 Å². The van der Waals surface area contributed by atoms with Crippen LogP contribution in [-0.2, 0) is 6.54 Å². The first-order valence-corrected chi connectivity index (χ1v) is 9.33. The largest absolute Gasteiger partial charge is 0.494 e. The number of hydrogen-bond acceptors (Lipinski definition) is 5. The van der Waals surface area contributed by atoms with Gasteiger partial charge in [0.2, 0.25) is 0 Å². The highest BCUT2D eigenvalue weighted by atomic mass is 32.2. The van der Waals surface area contributed by atoms with Gasteiger partial charge in [-0.2, -0.15) is 0 Å². The van der Waals surface area contributed by atoms with E-state index in [1.165, 1.54) is 17.4 Å². The first-order valence-electron chi connectivity index (χ1n) is 8.18. The summed E-state index contributed by atoms with van der Waals surface area (Å²) in [5.74, 6) is 7.95. The predicted octanol–water partition coefficient (Wildman–Crippen LogP) is 4.78. The average molecular weight is 354 g/mol. The second kappa shape index (κ2) is 8.14. The third-order valence-corrected chi connectivity index (χ3v) is 4.25. The van der Waals surface area contributed by atoms with Gasteiger partial charge in [-0.1, -0.05) is 18.2 Å². The Hall–Kier alpha value is -2.37. The van der Waals surface area contributed by atoms with Crippen LogP contribution in [0.4, 0.5) is 5.69 Å². The molecule has 25 heavy (non-hydrogen) atoms. The molecule has 3 aromatic carbocycles. The summed E-state index contributed by atoms with van der Waals surface area (Å²) in [5, 5.41) is 4.06. The second-order valence-corrected chi connectivity index (χ2v) is 6.15. The van der Waals surface area contributed by atoms with E-state index >= 15 is 0 Å². The Morgan fingerprint density at radius 1 is 0.920 bits per heavy atom. The van der Waals surface area contributed by atoms with E-state index in [1.54, 1.807) is 5.01 Å². The van der Waals surface area contributed by atoms with Gasteiger partial charge in [-0.3, -0.25) is 0 Å². The van der Waals surface area contributed by atoms with Crippen molar-refractivity contribution < 1.29 is 8.92 Å². The molecule has 0 aliphatic rings. The zero-order valence-electron chi connectivity index (χ0n) is 14.4. The Morgan fingerprint density at radius 2 is 1.60 bits per heavy atom. The van der Waals surface area contributed by atoms with Crippen molar-refractivity contribution in [2.75, 3.05) is 17.9 Å². The van der Waals surface area contributed by atoms with Crippen molar-refractivity contribution >= 4 is 28.5 Å². The molecule has 0 aliphatic carbocycles. The molecule has 0 aromatic heterocycles. The standard InChI is InChI=1S/C20H22N2O2S/c1-3-23-19-10-7-18(8-11-19)22(21)14-15-4-5-17-13-20(24-25-2)9-6-16(17)12-15/h4-13H,3,14,21H2,1-2H3. The van der Waals surface area contributed by atoms with Crippen molar-refractivity contribution in [1.82, 2.24) is 0 Å². The third-order valence-electron chi connectivity index (χ3n) is 3.89. The average Bonchev–Trinajstić information content (AvgIpc) is 2.63. The number of nitrogens with zero attached hydrogens (tertiary/aromatic N) is 1. The summed E-state index contributed by atoms with van der Waals surface area (Å²) in [6.07, 6.45) is 1.91. The number of hydrazine groups is 1. The second-order valence-electron chi connectivity index (χ2n) is 5.65. The predicted molar refractivity (Wildman–Crippen MR) is 106 cm³/mol. The van der Waals surface area contributed by atoms with Crippen LogP contribution in [0.25, 0.3) is 10.8 Å². The molecule has 0 amide bonds. The van der Waals surface area contributed by atoms with Gasteiger partial charge >= 0.3 is 0 Å². The van der Waals surface area contributed by atoms with Crippen molar-refractivity contribution in [1.29, 1.82) is 0 Å². The number of ether oxygens (including phenoxy) is 1. The van der Waals surface area contributed by atoms with E-state index in [0.717, 1.165) is 28.1 Å². The van der Waals surface area contributed by atoms with Gasteiger partial charge < -0.3 is 13.9 Å². The van der Waals surface area contributed by atoms with Gasteiger partial charge in [-0.05, 0) is 65.7 Å². The van der Waals surface area contributed by atoms with Gasteiger partial charge in [0, 0.05) is 6.26 Å². The molecule has 0 fully saturated rings. The Bertz CT molecular complexity index is 837. The van der Waals surface area contributed by atoms with E-state index < -0.39 is 0 Å². The molecule has 3 rings (SSSR count). The number of fused-ring (bicyclic) bond motifs is 1. The highest BCUT2D eigenvalue weighted by molar-refractivity contribution is 7.94. The minimum atomic E-state index is 0.632. The first kappa shape index (κ1) is 17.5. The summed E-state index contributed by atoms with van der Waals surface area (Å²) in [6.45, 7) is 3.26. The summed E-state index contributed by atoms with van der Waals surface area (Å²) in [6, 6.07) is 20.3. The van der Waals surface area contributed by atoms with Crippen molar-refractivity contribution in [2.45, 2.75) is 13.5 Å². The lowest BCUT2D eigenvalue weighted by Gasteiger charge is -2.19. The van der Waals surface area contributed by atoms with Crippen LogP contribution >= 0.6 is 12.0 Å². The van der Waals surface area contributed by atoms with Gasteiger partial charge in [0.05, 0.1) is 30.9 Å². The Kier molecular flexibility index (Phi) is 5.68. The highest BCUT2D eigenvalue weighted by Gasteiger charge is 2.05. The van der Waals surface area contributed by atoms with Gasteiger partial charge in [0.15, 0.2) is 0 Å². The van der Waals surface area contributed by atoms with Crippen molar-refractivity contribution in [3.05, 3.63) is 66.2 Å². The van der Waals surface area contributed by atoms with E-state index in [4.69, 9.17) is 14.8 Å². The molecule has 0 heterocycles. The number of rotatable bonds is 7. The molecule has 3 aromatic rings. The Morgan fingerprint density at radius 3 is 2.32 bits per heavy atom. The molecular weight excluding hydrogens is 332 g/mol. The number of nitrogens with two attached hydrogens (primary N) is 1. The molecule has 130 valence electrons. The molecule has 0 unspecified atom stereocenters. The minimum absolute atomic E-state index is 0.632. The zero-order chi connectivity index (χ0) is 17.6. The molecule has 5 heteroatoms. The molecule has 0 bridgehead atoms. The van der Waals surface area contributed by atoms with Crippen LogP contribution < -0.4 is 19.8 Å². The highest BCUT2D eigenvalue weighted by Crippen LogP contribution is 2.25. The maximum absolute atomic E-state index is 6.23. The van der Waals surface area contributed by atoms with Gasteiger partial charge in [0.1, 0.15) is 11.5 Å². The number of benzene rings is 3. The minimum Gasteiger partial charge on any atom is -0.494 e. The summed E-state index contributed by atoms with van der Waals surface area (Å²) in [5.41, 5.74) is 2.11. The normalized spacial score (nSPS) is 10.7. The van der Waals surface area contributed by atoms with Crippen LogP contribution in [0, 0.1) is 0 Å². The van der Waals surface area contributed by atoms with E-state index in [2.05, 4.69) is 24.3 Å². The van der Waals surface area contributed by atoms with Crippen LogP contribution in [0.5, 0.6) is 11.5 Å². The molecule has 2 N–H and O–H groups in total. The molecule has 0 radical (unpaired) electrons. The Balaban J connectivity index is 1.74. The maximum atomic E-state index is 6.23. The van der Waals surface area contributed by atoms with Crippen LogP contribution in [0.2, 0.25) is 0 Å².